The van der Waals surface area contributed by atoms with E-state index in [9.17, 15) is 9.59 Å². The molecule has 2 heterocycles. The molecule has 0 radical (unpaired) electrons. The van der Waals surface area contributed by atoms with Crippen LogP contribution in [0.2, 0.25) is 0 Å². The van der Waals surface area contributed by atoms with Crippen LogP contribution in [0.4, 0.5) is 5.13 Å². The number of H-pyrrole nitrogens is 1. The summed E-state index contributed by atoms with van der Waals surface area (Å²) in [5.74, 6) is -0.111. The van der Waals surface area contributed by atoms with E-state index in [1.165, 1.54) is 11.3 Å². The summed E-state index contributed by atoms with van der Waals surface area (Å²) in [6.45, 7) is 0. The number of hydrogen-bond donors (Lipinski definition) is 2. The minimum Gasteiger partial charge on any atom is -0.302 e. The molecule has 4 aromatic rings. The van der Waals surface area contributed by atoms with Crippen LogP contribution in [0.15, 0.2) is 64.9 Å². The molecule has 0 aliphatic carbocycles. The second-order valence-electron chi connectivity index (χ2n) is 5.71. The van der Waals surface area contributed by atoms with Crippen molar-refractivity contribution in [3.05, 3.63) is 76.0 Å². The Kier molecular flexibility index (Phi) is 4.28. The number of anilines is 1. The largest absolute Gasteiger partial charge is 0.302 e. The number of hydrogen-bond acceptors (Lipinski definition) is 5. The lowest BCUT2D eigenvalue weighted by Crippen LogP contribution is -2.14. The molecule has 0 unspecified atom stereocenters. The van der Waals surface area contributed by atoms with E-state index in [1.807, 2.05) is 47.8 Å². The number of fused-ring (bicyclic) bond motifs is 1. The van der Waals surface area contributed by atoms with Crippen molar-refractivity contribution in [2.24, 2.45) is 0 Å². The monoisotopic (exact) mass is 362 g/mol. The van der Waals surface area contributed by atoms with Gasteiger partial charge in [-0.3, -0.25) is 9.59 Å². The van der Waals surface area contributed by atoms with Crippen LogP contribution in [0.5, 0.6) is 0 Å². The first kappa shape index (κ1) is 16.2. The van der Waals surface area contributed by atoms with Gasteiger partial charge in [0.1, 0.15) is 0 Å². The Bertz CT molecular complexity index is 1120. The van der Waals surface area contributed by atoms with Crippen molar-refractivity contribution in [1.29, 1.82) is 0 Å². The first-order valence-electron chi connectivity index (χ1n) is 7.97. The first-order valence-corrected chi connectivity index (χ1v) is 8.85. The van der Waals surface area contributed by atoms with Crippen molar-refractivity contribution >= 4 is 33.1 Å². The van der Waals surface area contributed by atoms with Gasteiger partial charge in [-0.15, -0.1) is 11.3 Å². The number of thiazole rings is 1. The van der Waals surface area contributed by atoms with Crippen LogP contribution < -0.4 is 10.9 Å². The van der Waals surface area contributed by atoms with Gasteiger partial charge in [0.05, 0.1) is 17.5 Å². The fourth-order valence-corrected chi connectivity index (χ4v) is 3.29. The van der Waals surface area contributed by atoms with Gasteiger partial charge in [-0.1, -0.05) is 42.5 Å². The molecule has 0 aliphatic heterocycles. The molecule has 7 heteroatoms. The molecule has 26 heavy (non-hydrogen) atoms. The molecule has 1 amide bonds. The number of carbonyl (C=O) groups is 1. The van der Waals surface area contributed by atoms with Crippen LogP contribution in [0, 0.1) is 0 Å². The molecule has 0 atom stereocenters. The van der Waals surface area contributed by atoms with Crippen LogP contribution in [0.1, 0.15) is 5.56 Å². The second kappa shape index (κ2) is 6.89. The van der Waals surface area contributed by atoms with E-state index in [0.29, 0.717) is 16.2 Å². The van der Waals surface area contributed by atoms with Crippen LogP contribution in [-0.2, 0) is 11.2 Å². The van der Waals surface area contributed by atoms with Gasteiger partial charge < -0.3 is 5.32 Å². The van der Waals surface area contributed by atoms with Gasteiger partial charge in [0.25, 0.3) is 5.56 Å². The van der Waals surface area contributed by atoms with Crippen molar-refractivity contribution in [1.82, 2.24) is 15.2 Å². The third-order valence-electron chi connectivity index (χ3n) is 3.97. The van der Waals surface area contributed by atoms with Gasteiger partial charge in [-0.05, 0) is 11.6 Å². The number of aromatic amines is 1. The maximum Gasteiger partial charge on any atom is 0.272 e. The highest BCUT2D eigenvalue weighted by atomic mass is 32.1. The molecule has 2 aromatic heterocycles. The van der Waals surface area contributed by atoms with Gasteiger partial charge in [0.2, 0.25) is 5.91 Å². The lowest BCUT2D eigenvalue weighted by atomic mass is 10.0. The normalized spacial score (nSPS) is 10.8. The molecule has 4 rings (SSSR count). The topological polar surface area (TPSA) is 87.7 Å². The van der Waals surface area contributed by atoms with Crippen LogP contribution in [-0.4, -0.2) is 21.1 Å². The molecule has 128 valence electrons. The fourth-order valence-electron chi connectivity index (χ4n) is 2.75. The third-order valence-corrected chi connectivity index (χ3v) is 4.66. The Hall–Kier alpha value is -3.32. The molecule has 0 fully saturated rings. The molecule has 0 spiro atoms. The summed E-state index contributed by atoms with van der Waals surface area (Å²) < 4.78 is 0. The lowest BCUT2D eigenvalue weighted by Gasteiger charge is -2.06. The molecular weight excluding hydrogens is 348 g/mol. The van der Waals surface area contributed by atoms with Crippen molar-refractivity contribution in [3.63, 3.8) is 0 Å². The predicted molar refractivity (Wildman–Crippen MR) is 102 cm³/mol. The predicted octanol–water partition coefficient (Wildman–Crippen LogP) is 3.23. The Morgan fingerprint density at radius 3 is 2.58 bits per heavy atom. The molecule has 6 nitrogen and oxygen atoms in total. The van der Waals surface area contributed by atoms with Gasteiger partial charge in [0.15, 0.2) is 5.13 Å². The molecule has 2 N–H and O–H groups in total. The van der Waals surface area contributed by atoms with Crippen LogP contribution in [0.3, 0.4) is 0 Å². The lowest BCUT2D eigenvalue weighted by molar-refractivity contribution is -0.115. The standard InChI is InChI=1S/C19H14N4O2S/c24-16(21-19-20-9-10-26-19)11-12-5-7-13(8-6-12)17-14-3-1-2-4-15(14)18(25)23-22-17/h1-10H,11H2,(H,23,25)(H,20,21,24). The molecule has 0 saturated carbocycles. The summed E-state index contributed by atoms with van der Waals surface area (Å²) in [5, 5.41) is 13.3. The van der Waals surface area contributed by atoms with E-state index >= 15 is 0 Å². The van der Waals surface area contributed by atoms with E-state index in [1.54, 1.807) is 12.3 Å². The summed E-state index contributed by atoms with van der Waals surface area (Å²) in [7, 11) is 0. The van der Waals surface area contributed by atoms with Gasteiger partial charge in [-0.25, -0.2) is 10.1 Å². The zero-order valence-electron chi connectivity index (χ0n) is 13.6. The van der Waals surface area contributed by atoms with Crippen molar-refractivity contribution in [2.75, 3.05) is 5.32 Å². The number of nitrogens with one attached hydrogen (secondary N) is 2. The highest BCUT2D eigenvalue weighted by Crippen LogP contribution is 2.24. The van der Waals surface area contributed by atoms with E-state index in [0.717, 1.165) is 16.5 Å². The minimum atomic E-state index is -0.208. The number of carbonyl (C=O) groups excluding carboxylic acids is 1. The Morgan fingerprint density at radius 1 is 1.08 bits per heavy atom. The Morgan fingerprint density at radius 2 is 1.85 bits per heavy atom. The van der Waals surface area contributed by atoms with Gasteiger partial charge >= 0.3 is 0 Å². The van der Waals surface area contributed by atoms with Gasteiger partial charge in [0, 0.05) is 22.5 Å². The number of benzene rings is 2. The number of amides is 1. The Labute approximate surface area is 152 Å². The summed E-state index contributed by atoms with van der Waals surface area (Å²) >= 11 is 1.38. The van der Waals surface area contributed by atoms with Crippen LogP contribution >= 0.6 is 11.3 Å². The fraction of sp³-hybridized carbons (Fsp3) is 0.0526. The van der Waals surface area contributed by atoms with E-state index < -0.39 is 0 Å². The van der Waals surface area contributed by atoms with Crippen molar-refractivity contribution < 1.29 is 4.79 Å². The second-order valence-corrected chi connectivity index (χ2v) is 6.60. The summed E-state index contributed by atoms with van der Waals surface area (Å²) in [5.41, 5.74) is 2.26. The summed E-state index contributed by atoms with van der Waals surface area (Å²) in [6.07, 6.45) is 1.91. The van der Waals surface area contributed by atoms with Crippen molar-refractivity contribution in [3.8, 4) is 11.3 Å². The maximum atomic E-state index is 12.1. The summed E-state index contributed by atoms with van der Waals surface area (Å²) in [4.78, 5) is 28.0. The molecular formula is C19H14N4O2S. The Balaban J connectivity index is 1.58. The number of aromatic nitrogens is 3. The molecule has 0 aliphatic rings. The zero-order chi connectivity index (χ0) is 17.9. The van der Waals surface area contributed by atoms with Crippen LogP contribution in [0.25, 0.3) is 22.0 Å². The smallest absolute Gasteiger partial charge is 0.272 e. The zero-order valence-corrected chi connectivity index (χ0v) is 14.4. The third kappa shape index (κ3) is 3.25. The minimum absolute atomic E-state index is 0.111. The average Bonchev–Trinajstić information content (AvgIpc) is 3.16. The highest BCUT2D eigenvalue weighted by molar-refractivity contribution is 7.13. The van der Waals surface area contributed by atoms with E-state index in [2.05, 4.69) is 20.5 Å². The maximum absolute atomic E-state index is 12.1. The SMILES string of the molecule is O=C(Cc1ccc(-c2n[nH]c(=O)c3ccccc23)cc1)Nc1nccs1. The summed E-state index contributed by atoms with van der Waals surface area (Å²) in [6, 6.07) is 14.9. The van der Waals surface area contributed by atoms with Crippen molar-refractivity contribution in [2.45, 2.75) is 6.42 Å². The quantitative estimate of drug-likeness (QED) is 0.583. The average molecular weight is 362 g/mol. The van der Waals surface area contributed by atoms with E-state index in [4.69, 9.17) is 0 Å². The first-order chi connectivity index (χ1) is 12.7. The number of nitrogens with zero attached hydrogens (tertiary/aromatic N) is 2. The molecule has 0 bridgehead atoms. The number of rotatable bonds is 4. The highest BCUT2D eigenvalue weighted by Gasteiger charge is 2.10. The van der Waals surface area contributed by atoms with Gasteiger partial charge in [-0.2, -0.15) is 5.10 Å². The molecule has 0 saturated heterocycles. The molecule has 2 aromatic carbocycles. The van der Waals surface area contributed by atoms with E-state index in [-0.39, 0.29) is 17.9 Å².